The Hall–Kier alpha value is -0.410. The summed E-state index contributed by atoms with van der Waals surface area (Å²) in [6.07, 6.45) is 1.81. The van der Waals surface area contributed by atoms with Crippen LogP contribution in [-0.4, -0.2) is 4.98 Å². The van der Waals surface area contributed by atoms with Crippen LogP contribution >= 0.6 is 31.9 Å². The van der Waals surface area contributed by atoms with Gasteiger partial charge in [0.05, 0.1) is 9.25 Å². The number of rotatable bonds is 1. The molecule has 1 nitrogen and oxygen atoms in total. The molecule has 0 amide bonds. The Bertz CT molecular complexity index is 426. The Balaban J connectivity index is 2.62. The molecule has 0 saturated carbocycles. The van der Waals surface area contributed by atoms with Crippen molar-refractivity contribution in [2.75, 3.05) is 0 Å². The molecule has 0 bridgehead atoms. The van der Waals surface area contributed by atoms with Gasteiger partial charge in [-0.1, -0.05) is 50.1 Å². The largest absolute Gasteiger partial charge is 0.256 e. The van der Waals surface area contributed by atoms with Gasteiger partial charge in [-0.3, -0.25) is 4.98 Å². The standard InChI is InChI=1S/C10H7Br2N/c11-10(12)8-4-3-7-2-1-5-13-9(7)6-8/h1-6,10H. The first-order valence-corrected chi connectivity index (χ1v) is 5.73. The maximum absolute atomic E-state index is 4.28. The van der Waals surface area contributed by atoms with Gasteiger partial charge >= 0.3 is 0 Å². The Morgan fingerprint density at radius 1 is 1.15 bits per heavy atom. The summed E-state index contributed by atoms with van der Waals surface area (Å²) in [6, 6.07) is 10.2. The van der Waals surface area contributed by atoms with E-state index in [0.717, 1.165) is 5.52 Å². The molecule has 3 heteroatoms. The zero-order valence-electron chi connectivity index (χ0n) is 6.74. The highest BCUT2D eigenvalue weighted by Gasteiger charge is 2.02. The van der Waals surface area contributed by atoms with E-state index in [4.69, 9.17) is 0 Å². The first-order valence-electron chi connectivity index (χ1n) is 3.90. The highest BCUT2D eigenvalue weighted by Crippen LogP contribution is 2.30. The number of halogens is 2. The summed E-state index contributed by atoms with van der Waals surface area (Å²) in [6.45, 7) is 0. The maximum Gasteiger partial charge on any atom is 0.0947 e. The Morgan fingerprint density at radius 3 is 2.77 bits per heavy atom. The number of fused-ring (bicyclic) bond motifs is 1. The van der Waals surface area contributed by atoms with E-state index >= 15 is 0 Å². The van der Waals surface area contributed by atoms with Gasteiger partial charge < -0.3 is 0 Å². The summed E-state index contributed by atoms with van der Waals surface area (Å²) in [5, 5.41) is 1.17. The fourth-order valence-electron chi connectivity index (χ4n) is 1.22. The summed E-state index contributed by atoms with van der Waals surface area (Å²) < 4.78 is 0.200. The fraction of sp³-hybridized carbons (Fsp3) is 0.100. The Labute approximate surface area is 93.4 Å². The van der Waals surface area contributed by atoms with Crippen molar-refractivity contribution < 1.29 is 0 Å². The molecule has 0 N–H and O–H groups in total. The molecular weight excluding hydrogens is 294 g/mol. The van der Waals surface area contributed by atoms with Crippen LogP contribution in [0.5, 0.6) is 0 Å². The van der Waals surface area contributed by atoms with Gasteiger partial charge in [0, 0.05) is 11.6 Å². The molecule has 0 aliphatic rings. The van der Waals surface area contributed by atoms with Crippen molar-refractivity contribution >= 4 is 42.8 Å². The van der Waals surface area contributed by atoms with Crippen LogP contribution in [0.2, 0.25) is 0 Å². The van der Waals surface area contributed by atoms with Crippen molar-refractivity contribution in [3.63, 3.8) is 0 Å². The third-order valence-electron chi connectivity index (χ3n) is 1.88. The van der Waals surface area contributed by atoms with Crippen molar-refractivity contribution in [2.45, 2.75) is 3.74 Å². The molecule has 0 unspecified atom stereocenters. The van der Waals surface area contributed by atoms with Crippen molar-refractivity contribution in [2.24, 2.45) is 0 Å². The molecule has 0 saturated heterocycles. The van der Waals surface area contributed by atoms with E-state index < -0.39 is 0 Å². The van der Waals surface area contributed by atoms with E-state index in [1.807, 2.05) is 12.3 Å². The highest BCUT2D eigenvalue weighted by atomic mass is 79.9. The van der Waals surface area contributed by atoms with Gasteiger partial charge in [-0.2, -0.15) is 0 Å². The van der Waals surface area contributed by atoms with Crippen molar-refractivity contribution in [1.82, 2.24) is 4.98 Å². The van der Waals surface area contributed by atoms with E-state index in [2.05, 4.69) is 61.1 Å². The number of hydrogen-bond acceptors (Lipinski definition) is 1. The Morgan fingerprint density at radius 2 is 2.00 bits per heavy atom. The van der Waals surface area contributed by atoms with E-state index in [-0.39, 0.29) is 3.74 Å². The molecule has 13 heavy (non-hydrogen) atoms. The average molecular weight is 301 g/mol. The third kappa shape index (κ3) is 1.92. The van der Waals surface area contributed by atoms with Crippen LogP contribution < -0.4 is 0 Å². The average Bonchev–Trinajstić information content (AvgIpc) is 2.17. The fourth-order valence-corrected chi connectivity index (χ4v) is 1.79. The number of alkyl halides is 2. The second-order valence-corrected chi connectivity index (χ2v) is 5.82. The van der Waals surface area contributed by atoms with Crippen LogP contribution in [0.3, 0.4) is 0 Å². The Kier molecular flexibility index (Phi) is 2.65. The zero-order valence-corrected chi connectivity index (χ0v) is 9.92. The lowest BCUT2D eigenvalue weighted by Crippen LogP contribution is -1.82. The number of aromatic nitrogens is 1. The maximum atomic E-state index is 4.28. The van der Waals surface area contributed by atoms with Gasteiger partial charge in [0.25, 0.3) is 0 Å². The molecule has 1 aromatic heterocycles. The molecule has 2 aromatic rings. The van der Waals surface area contributed by atoms with Crippen LogP contribution in [0.25, 0.3) is 10.9 Å². The minimum atomic E-state index is 0.200. The van der Waals surface area contributed by atoms with Gasteiger partial charge in [-0.25, -0.2) is 0 Å². The lowest BCUT2D eigenvalue weighted by atomic mass is 10.1. The number of nitrogens with zero attached hydrogens (tertiary/aromatic N) is 1. The molecule has 1 aromatic carbocycles. The summed E-state index contributed by atoms with van der Waals surface area (Å²) >= 11 is 6.91. The van der Waals surface area contributed by atoms with Gasteiger partial charge in [0.2, 0.25) is 0 Å². The van der Waals surface area contributed by atoms with Crippen LogP contribution in [0.15, 0.2) is 36.5 Å². The highest BCUT2D eigenvalue weighted by molar-refractivity contribution is 9.24. The zero-order chi connectivity index (χ0) is 9.26. The van der Waals surface area contributed by atoms with Crippen molar-refractivity contribution in [3.8, 4) is 0 Å². The van der Waals surface area contributed by atoms with E-state index in [0.29, 0.717) is 0 Å². The third-order valence-corrected chi connectivity index (χ3v) is 2.94. The first-order chi connectivity index (χ1) is 6.27. The second kappa shape index (κ2) is 3.76. The molecule has 0 fully saturated rings. The van der Waals surface area contributed by atoms with Gasteiger partial charge in [-0.15, -0.1) is 0 Å². The minimum Gasteiger partial charge on any atom is -0.256 e. The molecule has 0 aliphatic heterocycles. The van der Waals surface area contributed by atoms with Crippen LogP contribution in [0.1, 0.15) is 9.30 Å². The number of hydrogen-bond donors (Lipinski definition) is 0. The van der Waals surface area contributed by atoms with Crippen molar-refractivity contribution in [1.29, 1.82) is 0 Å². The molecule has 0 radical (unpaired) electrons. The summed E-state index contributed by atoms with van der Waals surface area (Å²) in [5.74, 6) is 0. The van der Waals surface area contributed by atoms with Gasteiger partial charge in [-0.05, 0) is 17.7 Å². The first kappa shape index (κ1) is 9.16. The summed E-state index contributed by atoms with van der Waals surface area (Å²) in [5.41, 5.74) is 2.22. The number of pyridine rings is 1. The molecule has 0 atom stereocenters. The lowest BCUT2D eigenvalue weighted by molar-refractivity contribution is 1.37. The summed E-state index contributed by atoms with van der Waals surface area (Å²) in [7, 11) is 0. The van der Waals surface area contributed by atoms with E-state index in [1.165, 1.54) is 10.9 Å². The minimum absolute atomic E-state index is 0.200. The topological polar surface area (TPSA) is 12.9 Å². The normalized spacial score (nSPS) is 11.0. The molecule has 0 spiro atoms. The van der Waals surface area contributed by atoms with E-state index in [1.54, 1.807) is 0 Å². The van der Waals surface area contributed by atoms with E-state index in [9.17, 15) is 0 Å². The number of benzene rings is 1. The smallest absolute Gasteiger partial charge is 0.0947 e. The van der Waals surface area contributed by atoms with Gasteiger partial charge in [0.1, 0.15) is 0 Å². The molecule has 0 aliphatic carbocycles. The van der Waals surface area contributed by atoms with Crippen LogP contribution in [-0.2, 0) is 0 Å². The molecular formula is C10H7Br2N. The van der Waals surface area contributed by atoms with Gasteiger partial charge in [0.15, 0.2) is 0 Å². The quantitative estimate of drug-likeness (QED) is 0.725. The molecule has 2 rings (SSSR count). The lowest BCUT2D eigenvalue weighted by Gasteiger charge is -2.02. The molecule has 66 valence electrons. The van der Waals surface area contributed by atoms with Crippen LogP contribution in [0.4, 0.5) is 0 Å². The predicted molar refractivity (Wildman–Crippen MR) is 62.3 cm³/mol. The second-order valence-electron chi connectivity index (χ2n) is 2.76. The molecule has 1 heterocycles. The SMILES string of the molecule is BrC(Br)c1ccc2cccnc2c1. The predicted octanol–water partition coefficient (Wildman–Crippen LogP) is 4.02. The monoisotopic (exact) mass is 299 g/mol. The summed E-state index contributed by atoms with van der Waals surface area (Å²) in [4.78, 5) is 4.28. The van der Waals surface area contributed by atoms with Crippen LogP contribution in [0, 0.1) is 0 Å². The van der Waals surface area contributed by atoms with Crippen molar-refractivity contribution in [3.05, 3.63) is 42.1 Å².